The first-order valence-corrected chi connectivity index (χ1v) is 7.66. The van der Waals surface area contributed by atoms with Gasteiger partial charge in [0.1, 0.15) is 0 Å². The number of allylic oxidation sites excluding steroid dienone is 1. The van der Waals surface area contributed by atoms with Gasteiger partial charge in [0.25, 0.3) is 0 Å². The number of hydrogen-bond acceptors (Lipinski definition) is 1. The predicted octanol–water partition coefficient (Wildman–Crippen LogP) is 4.60. The zero-order valence-electron chi connectivity index (χ0n) is 11.4. The Morgan fingerprint density at radius 2 is 2.06 bits per heavy atom. The van der Waals surface area contributed by atoms with E-state index in [1.54, 1.807) is 0 Å². The molecule has 2 aliphatic rings. The van der Waals surface area contributed by atoms with E-state index in [1.807, 2.05) is 0 Å². The van der Waals surface area contributed by atoms with Gasteiger partial charge in [-0.25, -0.2) is 0 Å². The molecule has 1 fully saturated rings. The molecule has 0 aromatic carbocycles. The zero-order valence-corrected chi connectivity index (χ0v) is 11.4. The van der Waals surface area contributed by atoms with E-state index in [0.717, 1.165) is 25.2 Å². The summed E-state index contributed by atoms with van der Waals surface area (Å²) in [6.45, 7) is 2.27. The van der Waals surface area contributed by atoms with Crippen LogP contribution in [0.5, 0.6) is 0 Å². The van der Waals surface area contributed by atoms with E-state index >= 15 is 0 Å². The molecule has 2 atom stereocenters. The van der Waals surface area contributed by atoms with E-state index in [1.165, 1.54) is 56.9 Å². The molecule has 98 valence electrons. The molecule has 1 N–H and O–H groups in total. The molecule has 0 spiro atoms. The van der Waals surface area contributed by atoms with Crippen LogP contribution in [0.4, 0.5) is 0 Å². The standard InChI is InChI=1S/C16H28O/c1-2-14-9-8-12-16(17,13-14)15-10-6-4-3-5-7-11-15/h10,14,17H,2-9,11-13H2,1H3. The van der Waals surface area contributed by atoms with Crippen LogP contribution in [0.25, 0.3) is 0 Å². The van der Waals surface area contributed by atoms with E-state index in [9.17, 15) is 5.11 Å². The molecule has 0 aromatic heterocycles. The summed E-state index contributed by atoms with van der Waals surface area (Å²) in [5.41, 5.74) is 0.950. The molecule has 0 bridgehead atoms. The molecule has 1 saturated carbocycles. The van der Waals surface area contributed by atoms with Gasteiger partial charge in [-0.1, -0.05) is 38.7 Å². The van der Waals surface area contributed by atoms with E-state index in [2.05, 4.69) is 13.0 Å². The maximum atomic E-state index is 10.9. The lowest BCUT2D eigenvalue weighted by Crippen LogP contribution is -2.37. The molecular formula is C16H28O. The smallest absolute Gasteiger partial charge is 0.0859 e. The molecule has 0 radical (unpaired) electrons. The van der Waals surface area contributed by atoms with Crippen LogP contribution in [-0.2, 0) is 0 Å². The van der Waals surface area contributed by atoms with Crippen molar-refractivity contribution in [1.29, 1.82) is 0 Å². The Bertz CT molecular complexity index is 269. The van der Waals surface area contributed by atoms with Gasteiger partial charge < -0.3 is 5.11 Å². The van der Waals surface area contributed by atoms with Crippen molar-refractivity contribution in [2.24, 2.45) is 5.92 Å². The van der Waals surface area contributed by atoms with Gasteiger partial charge in [-0.3, -0.25) is 0 Å². The fourth-order valence-electron chi connectivity index (χ4n) is 3.62. The van der Waals surface area contributed by atoms with Crippen LogP contribution in [-0.4, -0.2) is 10.7 Å². The van der Waals surface area contributed by atoms with Gasteiger partial charge in [-0.2, -0.15) is 0 Å². The Kier molecular flexibility index (Phi) is 4.67. The third-order valence-electron chi connectivity index (χ3n) is 4.80. The SMILES string of the molecule is CCC1CCCC(O)(C2=CCCCCCC2)C1. The van der Waals surface area contributed by atoms with E-state index in [0.29, 0.717) is 0 Å². The van der Waals surface area contributed by atoms with Crippen LogP contribution in [0, 0.1) is 5.92 Å². The lowest BCUT2D eigenvalue weighted by atomic mass is 9.71. The zero-order chi connectivity index (χ0) is 12.1. The summed E-state index contributed by atoms with van der Waals surface area (Å²) in [6.07, 6.45) is 15.8. The van der Waals surface area contributed by atoms with Crippen molar-refractivity contribution in [2.75, 3.05) is 0 Å². The van der Waals surface area contributed by atoms with Gasteiger partial charge in [0.05, 0.1) is 5.60 Å². The second-order valence-electron chi connectivity index (χ2n) is 6.08. The number of aliphatic hydroxyl groups is 1. The van der Waals surface area contributed by atoms with Crippen LogP contribution in [0.15, 0.2) is 11.6 Å². The van der Waals surface area contributed by atoms with Gasteiger partial charge >= 0.3 is 0 Å². The molecule has 17 heavy (non-hydrogen) atoms. The van der Waals surface area contributed by atoms with Gasteiger partial charge in [-0.15, -0.1) is 0 Å². The monoisotopic (exact) mass is 236 g/mol. The van der Waals surface area contributed by atoms with Crippen molar-refractivity contribution in [1.82, 2.24) is 0 Å². The maximum Gasteiger partial charge on any atom is 0.0859 e. The van der Waals surface area contributed by atoms with Crippen LogP contribution in [0.1, 0.15) is 77.6 Å². The van der Waals surface area contributed by atoms with Gasteiger partial charge in [0, 0.05) is 0 Å². The van der Waals surface area contributed by atoms with Crippen molar-refractivity contribution in [3.63, 3.8) is 0 Å². The molecule has 0 saturated heterocycles. The minimum Gasteiger partial charge on any atom is -0.386 e. The molecule has 0 heterocycles. The lowest BCUT2D eigenvalue weighted by Gasteiger charge is -2.39. The molecule has 2 unspecified atom stereocenters. The Morgan fingerprint density at radius 3 is 2.88 bits per heavy atom. The highest BCUT2D eigenvalue weighted by atomic mass is 16.3. The summed E-state index contributed by atoms with van der Waals surface area (Å²) in [5, 5.41) is 10.9. The largest absolute Gasteiger partial charge is 0.386 e. The summed E-state index contributed by atoms with van der Waals surface area (Å²) < 4.78 is 0. The quantitative estimate of drug-likeness (QED) is 0.695. The molecule has 0 aliphatic heterocycles. The fraction of sp³-hybridized carbons (Fsp3) is 0.875. The summed E-state index contributed by atoms with van der Waals surface area (Å²) in [6, 6.07) is 0. The van der Waals surface area contributed by atoms with Crippen LogP contribution >= 0.6 is 0 Å². The summed E-state index contributed by atoms with van der Waals surface area (Å²) in [4.78, 5) is 0. The maximum absolute atomic E-state index is 10.9. The first-order valence-electron chi connectivity index (χ1n) is 7.66. The summed E-state index contributed by atoms with van der Waals surface area (Å²) in [5.74, 6) is 0.750. The highest BCUT2D eigenvalue weighted by molar-refractivity contribution is 5.18. The average molecular weight is 236 g/mol. The fourth-order valence-corrected chi connectivity index (χ4v) is 3.62. The lowest BCUT2D eigenvalue weighted by molar-refractivity contribution is 0.0129. The van der Waals surface area contributed by atoms with Crippen LogP contribution in [0.2, 0.25) is 0 Å². The van der Waals surface area contributed by atoms with Crippen molar-refractivity contribution < 1.29 is 5.11 Å². The average Bonchev–Trinajstić information content (AvgIpc) is 2.28. The van der Waals surface area contributed by atoms with Gasteiger partial charge in [0.15, 0.2) is 0 Å². The molecule has 0 aromatic rings. The topological polar surface area (TPSA) is 20.2 Å². The second-order valence-corrected chi connectivity index (χ2v) is 6.08. The van der Waals surface area contributed by atoms with Crippen LogP contribution in [0.3, 0.4) is 0 Å². The number of rotatable bonds is 2. The van der Waals surface area contributed by atoms with E-state index in [-0.39, 0.29) is 0 Å². The second kappa shape index (κ2) is 6.04. The summed E-state index contributed by atoms with van der Waals surface area (Å²) in [7, 11) is 0. The summed E-state index contributed by atoms with van der Waals surface area (Å²) >= 11 is 0. The van der Waals surface area contributed by atoms with Gasteiger partial charge in [0.2, 0.25) is 0 Å². The Labute approximate surface area is 106 Å². The third kappa shape index (κ3) is 3.34. The first-order chi connectivity index (χ1) is 8.24. The molecule has 0 amide bonds. The predicted molar refractivity (Wildman–Crippen MR) is 73.0 cm³/mol. The van der Waals surface area contributed by atoms with Crippen molar-refractivity contribution in [3.05, 3.63) is 11.6 Å². The molecule has 1 nitrogen and oxygen atoms in total. The Balaban J connectivity index is 2.06. The van der Waals surface area contributed by atoms with Crippen molar-refractivity contribution in [2.45, 2.75) is 83.2 Å². The minimum absolute atomic E-state index is 0.434. The van der Waals surface area contributed by atoms with Crippen LogP contribution < -0.4 is 0 Å². The van der Waals surface area contributed by atoms with Gasteiger partial charge in [-0.05, 0) is 56.4 Å². The first kappa shape index (κ1) is 13.1. The third-order valence-corrected chi connectivity index (χ3v) is 4.80. The molecule has 1 heteroatoms. The van der Waals surface area contributed by atoms with Crippen molar-refractivity contribution >= 4 is 0 Å². The Morgan fingerprint density at radius 1 is 1.24 bits per heavy atom. The Hall–Kier alpha value is -0.300. The highest BCUT2D eigenvalue weighted by Gasteiger charge is 2.36. The normalized spacial score (nSPS) is 35.9. The molecular weight excluding hydrogens is 208 g/mol. The van der Waals surface area contributed by atoms with E-state index < -0.39 is 5.60 Å². The van der Waals surface area contributed by atoms with E-state index in [4.69, 9.17) is 0 Å². The highest BCUT2D eigenvalue weighted by Crippen LogP contribution is 2.41. The molecule has 2 aliphatic carbocycles. The van der Waals surface area contributed by atoms with Crippen molar-refractivity contribution in [3.8, 4) is 0 Å². The minimum atomic E-state index is -0.434. The number of hydrogen-bond donors (Lipinski definition) is 1. The molecule has 2 rings (SSSR count).